The van der Waals surface area contributed by atoms with Crippen LogP contribution in [0.15, 0.2) is 24.3 Å². The molecule has 1 aliphatic heterocycles. The molecule has 156 valence electrons. The van der Waals surface area contributed by atoms with Gasteiger partial charge in [0.05, 0.1) is 0 Å². The SMILES string of the molecule is Cc1nc2nc(N)nn2c(C)c1CCC(=O)OCC(=O)N1CCCc2ccccc21. The number of aromatic nitrogens is 4. The van der Waals surface area contributed by atoms with Crippen molar-refractivity contribution in [3.63, 3.8) is 0 Å². The van der Waals surface area contributed by atoms with Gasteiger partial charge in [-0.15, -0.1) is 5.10 Å². The fraction of sp³-hybridized carbons (Fsp3) is 0.381. The van der Waals surface area contributed by atoms with Gasteiger partial charge >= 0.3 is 5.97 Å². The van der Waals surface area contributed by atoms with Gasteiger partial charge < -0.3 is 15.4 Å². The van der Waals surface area contributed by atoms with Crippen molar-refractivity contribution < 1.29 is 14.3 Å². The molecular weight excluding hydrogens is 384 g/mol. The number of fused-ring (bicyclic) bond motifs is 2. The van der Waals surface area contributed by atoms with Crippen LogP contribution in [0.25, 0.3) is 5.78 Å². The third kappa shape index (κ3) is 3.83. The van der Waals surface area contributed by atoms with E-state index in [1.165, 1.54) is 0 Å². The van der Waals surface area contributed by atoms with Gasteiger partial charge in [0.15, 0.2) is 6.61 Å². The van der Waals surface area contributed by atoms with E-state index in [1.54, 1.807) is 9.42 Å². The smallest absolute Gasteiger partial charge is 0.306 e. The summed E-state index contributed by atoms with van der Waals surface area (Å²) in [7, 11) is 0. The fourth-order valence-electron chi connectivity index (χ4n) is 3.90. The Bertz CT molecular complexity index is 1120. The van der Waals surface area contributed by atoms with E-state index in [9.17, 15) is 9.59 Å². The molecule has 9 nitrogen and oxygen atoms in total. The summed E-state index contributed by atoms with van der Waals surface area (Å²) in [6.45, 7) is 4.12. The fourth-order valence-corrected chi connectivity index (χ4v) is 3.90. The minimum Gasteiger partial charge on any atom is -0.456 e. The van der Waals surface area contributed by atoms with Gasteiger partial charge in [-0.05, 0) is 50.3 Å². The highest BCUT2D eigenvalue weighted by atomic mass is 16.5. The molecule has 1 aliphatic rings. The second kappa shape index (κ2) is 8.10. The zero-order chi connectivity index (χ0) is 21.3. The molecule has 3 aromatic rings. The Morgan fingerprint density at radius 2 is 2.00 bits per heavy atom. The van der Waals surface area contributed by atoms with Gasteiger partial charge in [0.25, 0.3) is 11.7 Å². The first-order chi connectivity index (χ1) is 14.4. The summed E-state index contributed by atoms with van der Waals surface area (Å²) in [5.41, 5.74) is 10.2. The predicted molar refractivity (Wildman–Crippen MR) is 111 cm³/mol. The number of carbonyl (C=O) groups is 2. The highest BCUT2D eigenvalue weighted by Gasteiger charge is 2.23. The number of hydrogen-bond donors (Lipinski definition) is 1. The molecule has 0 fully saturated rings. The molecule has 0 atom stereocenters. The molecule has 1 aromatic carbocycles. The molecule has 0 saturated heterocycles. The van der Waals surface area contributed by atoms with Crippen LogP contribution < -0.4 is 10.6 Å². The topological polar surface area (TPSA) is 116 Å². The predicted octanol–water partition coefficient (Wildman–Crippen LogP) is 1.78. The zero-order valence-electron chi connectivity index (χ0n) is 17.1. The average Bonchev–Trinajstić information content (AvgIpc) is 3.11. The Kier molecular flexibility index (Phi) is 5.35. The van der Waals surface area contributed by atoms with Crippen LogP contribution in [-0.2, 0) is 27.2 Å². The number of aryl methyl sites for hydroxylation is 3. The van der Waals surface area contributed by atoms with E-state index in [2.05, 4.69) is 15.1 Å². The van der Waals surface area contributed by atoms with E-state index in [4.69, 9.17) is 10.5 Å². The Balaban J connectivity index is 1.36. The van der Waals surface area contributed by atoms with Crippen LogP contribution in [0.3, 0.4) is 0 Å². The number of esters is 1. The maximum Gasteiger partial charge on any atom is 0.306 e. The minimum absolute atomic E-state index is 0.142. The number of hydrogen-bond acceptors (Lipinski definition) is 7. The Morgan fingerprint density at radius 3 is 2.83 bits per heavy atom. The van der Waals surface area contributed by atoms with Gasteiger partial charge in [-0.2, -0.15) is 9.50 Å². The largest absolute Gasteiger partial charge is 0.456 e. The summed E-state index contributed by atoms with van der Waals surface area (Å²) in [6, 6.07) is 7.84. The lowest BCUT2D eigenvalue weighted by Crippen LogP contribution is -2.38. The van der Waals surface area contributed by atoms with Crippen molar-refractivity contribution in [3.05, 3.63) is 46.8 Å². The molecule has 0 bridgehead atoms. The molecule has 30 heavy (non-hydrogen) atoms. The highest BCUT2D eigenvalue weighted by molar-refractivity contribution is 5.96. The number of nitrogen functional groups attached to an aromatic ring is 1. The Morgan fingerprint density at radius 1 is 1.20 bits per heavy atom. The van der Waals surface area contributed by atoms with Crippen molar-refractivity contribution in [2.24, 2.45) is 0 Å². The van der Waals surface area contributed by atoms with E-state index in [0.29, 0.717) is 18.7 Å². The molecule has 3 heterocycles. The van der Waals surface area contributed by atoms with Crippen LogP contribution in [-0.4, -0.2) is 44.6 Å². The first kappa shape index (κ1) is 19.8. The maximum atomic E-state index is 12.6. The second-order valence-corrected chi connectivity index (χ2v) is 7.38. The molecule has 0 aliphatic carbocycles. The van der Waals surface area contributed by atoms with Crippen molar-refractivity contribution in [2.75, 3.05) is 23.8 Å². The lowest BCUT2D eigenvalue weighted by molar-refractivity contribution is -0.147. The molecule has 0 spiro atoms. The van der Waals surface area contributed by atoms with Crippen LogP contribution >= 0.6 is 0 Å². The number of anilines is 2. The van der Waals surface area contributed by atoms with E-state index in [-0.39, 0.29) is 24.9 Å². The third-order valence-electron chi connectivity index (χ3n) is 5.41. The molecule has 2 aromatic heterocycles. The Hall–Kier alpha value is -3.49. The van der Waals surface area contributed by atoms with E-state index < -0.39 is 5.97 Å². The van der Waals surface area contributed by atoms with Crippen LogP contribution in [0.1, 0.15) is 35.4 Å². The molecule has 4 rings (SSSR count). The van der Waals surface area contributed by atoms with E-state index in [1.807, 2.05) is 38.1 Å². The van der Waals surface area contributed by atoms with Crippen molar-refractivity contribution in [1.29, 1.82) is 0 Å². The quantitative estimate of drug-likeness (QED) is 0.640. The summed E-state index contributed by atoms with van der Waals surface area (Å²) in [4.78, 5) is 35.0. The summed E-state index contributed by atoms with van der Waals surface area (Å²) < 4.78 is 6.83. The molecule has 0 unspecified atom stereocenters. The number of nitrogens with two attached hydrogens (primary N) is 1. The van der Waals surface area contributed by atoms with Crippen molar-refractivity contribution >= 4 is 29.3 Å². The number of para-hydroxylation sites is 1. The zero-order valence-corrected chi connectivity index (χ0v) is 17.1. The average molecular weight is 408 g/mol. The van der Waals surface area contributed by atoms with Crippen molar-refractivity contribution in [2.45, 2.75) is 39.5 Å². The van der Waals surface area contributed by atoms with Crippen LogP contribution in [0, 0.1) is 13.8 Å². The molecule has 2 N–H and O–H groups in total. The lowest BCUT2D eigenvalue weighted by atomic mass is 10.0. The minimum atomic E-state index is -0.425. The number of carbonyl (C=O) groups excluding carboxylic acids is 2. The monoisotopic (exact) mass is 408 g/mol. The van der Waals surface area contributed by atoms with E-state index >= 15 is 0 Å². The number of amides is 1. The van der Waals surface area contributed by atoms with Gasteiger partial charge in [0.2, 0.25) is 5.95 Å². The third-order valence-corrected chi connectivity index (χ3v) is 5.41. The highest BCUT2D eigenvalue weighted by Crippen LogP contribution is 2.26. The molecule has 0 saturated carbocycles. The first-order valence-corrected chi connectivity index (χ1v) is 9.96. The number of nitrogens with zero attached hydrogens (tertiary/aromatic N) is 5. The molecule has 0 radical (unpaired) electrons. The maximum absolute atomic E-state index is 12.6. The van der Waals surface area contributed by atoms with Gasteiger partial charge in [-0.3, -0.25) is 9.59 Å². The van der Waals surface area contributed by atoms with Crippen LogP contribution in [0.2, 0.25) is 0 Å². The second-order valence-electron chi connectivity index (χ2n) is 7.38. The van der Waals surface area contributed by atoms with Gasteiger partial charge in [-0.25, -0.2) is 4.98 Å². The number of rotatable bonds is 5. The van der Waals surface area contributed by atoms with Crippen LogP contribution in [0.4, 0.5) is 11.6 Å². The van der Waals surface area contributed by atoms with Crippen molar-refractivity contribution in [3.8, 4) is 0 Å². The molecule has 9 heteroatoms. The van der Waals surface area contributed by atoms with Gasteiger partial charge in [0, 0.05) is 30.0 Å². The summed E-state index contributed by atoms with van der Waals surface area (Å²) in [5, 5.41) is 4.13. The summed E-state index contributed by atoms with van der Waals surface area (Å²) in [6.07, 6.45) is 2.43. The van der Waals surface area contributed by atoms with E-state index in [0.717, 1.165) is 41.0 Å². The summed E-state index contributed by atoms with van der Waals surface area (Å²) >= 11 is 0. The summed E-state index contributed by atoms with van der Waals surface area (Å²) in [5.74, 6) is -0.0460. The van der Waals surface area contributed by atoms with Gasteiger partial charge in [0.1, 0.15) is 0 Å². The number of ether oxygens (including phenoxy) is 1. The molecule has 1 amide bonds. The standard InChI is InChI=1S/C21H24N6O3/c1-13-16(14(2)27-21(23-13)24-20(22)25-27)9-10-19(29)30-12-18(28)26-11-5-7-15-6-3-4-8-17(15)26/h3-4,6,8H,5,7,9-12H2,1-2H3,(H2,22,25). The molecular formula is C21H24N6O3. The Labute approximate surface area is 173 Å². The van der Waals surface area contributed by atoms with Crippen LogP contribution in [0.5, 0.6) is 0 Å². The lowest BCUT2D eigenvalue weighted by Gasteiger charge is -2.29. The van der Waals surface area contributed by atoms with Crippen molar-refractivity contribution in [1.82, 2.24) is 19.6 Å². The van der Waals surface area contributed by atoms with Gasteiger partial charge in [-0.1, -0.05) is 18.2 Å². The first-order valence-electron chi connectivity index (χ1n) is 9.96. The number of benzene rings is 1. The normalized spacial score (nSPS) is 13.3.